The van der Waals surface area contributed by atoms with Gasteiger partial charge in [-0.3, -0.25) is 5.41 Å². The van der Waals surface area contributed by atoms with E-state index in [1.54, 1.807) is 0 Å². The van der Waals surface area contributed by atoms with Crippen LogP contribution >= 0.6 is 12.8 Å². The van der Waals surface area contributed by atoms with Gasteiger partial charge in [-0.25, -0.2) is 4.40 Å². The molecule has 0 bridgehead atoms. The number of allylic oxidation sites excluding steroid dienone is 4. The molecule has 604 valence electrons. The van der Waals surface area contributed by atoms with Gasteiger partial charge in [-0.1, -0.05) is 340 Å². The lowest BCUT2D eigenvalue weighted by Crippen LogP contribution is -2.30. The fourth-order valence-electron chi connectivity index (χ4n) is 21.4. The van der Waals surface area contributed by atoms with Crippen molar-refractivity contribution < 1.29 is 8.83 Å². The van der Waals surface area contributed by atoms with Gasteiger partial charge in [0.1, 0.15) is 28.0 Å². The zero-order valence-corrected chi connectivity index (χ0v) is 70.9. The Balaban J connectivity index is 0.580. The fourth-order valence-corrected chi connectivity index (χ4v) is 21.6. The highest BCUT2D eigenvalue weighted by molar-refractivity contribution is 7.79. The molecule has 6 nitrogen and oxygen atoms in total. The van der Waals surface area contributed by atoms with Gasteiger partial charge in [0.25, 0.3) is 0 Å². The van der Waals surface area contributed by atoms with Crippen LogP contribution in [0.1, 0.15) is 50.1 Å². The lowest BCUT2D eigenvalue weighted by Gasteiger charge is -2.34. The summed E-state index contributed by atoms with van der Waals surface area (Å²) >= 11 is 4.73. The monoisotopic (exact) mass is 1660 g/mol. The summed E-state index contributed by atoms with van der Waals surface area (Å²) in [6, 6.07) is 164. The number of anilines is 2. The van der Waals surface area contributed by atoms with Gasteiger partial charge in [-0.2, -0.15) is 0 Å². The van der Waals surface area contributed by atoms with Crippen LogP contribution < -0.4 is 4.90 Å². The Morgan fingerprint density at radius 3 is 0.969 bits per heavy atom. The van der Waals surface area contributed by atoms with Crippen LogP contribution in [0.4, 0.5) is 11.4 Å². The van der Waals surface area contributed by atoms with Crippen molar-refractivity contribution in [1.82, 2.24) is 4.57 Å². The Kier molecular flexibility index (Phi) is 17.6. The third-order valence-corrected chi connectivity index (χ3v) is 27.6. The highest BCUT2D eigenvalue weighted by atomic mass is 32.1. The molecule has 3 heterocycles. The van der Waals surface area contributed by atoms with Gasteiger partial charge in [0.05, 0.1) is 33.3 Å². The molecule has 0 saturated carbocycles. The Morgan fingerprint density at radius 2 is 0.566 bits per heavy atom. The molecule has 0 spiro atoms. The first kappa shape index (κ1) is 75.1. The summed E-state index contributed by atoms with van der Waals surface area (Å²) in [6.45, 7) is 0. The van der Waals surface area contributed by atoms with E-state index < -0.39 is 10.8 Å². The molecule has 3 aromatic heterocycles. The SMILES string of the molecule is N=C1C(c2ccc(-n3c4ccc(-c5ccc(-c6ccc7c(c6)C(c6ccccc6)(c6ccccc6)c6ccccc6-7)cc5)cc4c4cc(-c5ccc(-c6ccc7c(c6)C(c6ccccc6)(c6ccccc6)c6ccccc6-7)cc5)ccc43)cc2)=CC=C(N(c2ccc(-c3ccc4oc5ccccc5c4c3)cc2)c2ccc(-c3ccc4oc5ccccc5c4c3)cc2)C1=NS. The number of aromatic nitrogens is 1. The maximum absolute atomic E-state index is 10.2. The van der Waals surface area contributed by atoms with E-state index in [0.717, 1.165) is 150 Å². The Labute approximate surface area is 752 Å². The average Bonchev–Trinajstić information content (AvgIpc) is 1.54. The van der Waals surface area contributed by atoms with Crippen molar-refractivity contribution in [3.8, 4) is 94.7 Å². The van der Waals surface area contributed by atoms with E-state index in [1.165, 1.54) is 77.9 Å². The minimum atomic E-state index is -0.505. The number of furan rings is 2. The molecule has 19 aromatic carbocycles. The van der Waals surface area contributed by atoms with E-state index in [2.05, 4.69) is 446 Å². The van der Waals surface area contributed by atoms with E-state index in [-0.39, 0.29) is 5.71 Å². The third kappa shape index (κ3) is 12.0. The van der Waals surface area contributed by atoms with E-state index in [9.17, 15) is 5.41 Å². The minimum absolute atomic E-state index is 0.255. The predicted octanol–water partition coefficient (Wildman–Crippen LogP) is 31.7. The van der Waals surface area contributed by atoms with Crippen LogP contribution in [-0.4, -0.2) is 16.0 Å². The summed E-state index contributed by atoms with van der Waals surface area (Å²) in [5, 5.41) is 16.8. The second kappa shape index (κ2) is 30.2. The van der Waals surface area contributed by atoms with Crippen molar-refractivity contribution in [1.29, 1.82) is 5.41 Å². The number of rotatable bonds is 15. The zero-order chi connectivity index (χ0) is 85.4. The van der Waals surface area contributed by atoms with Crippen molar-refractivity contribution in [2.75, 3.05) is 4.90 Å². The summed E-state index contributed by atoms with van der Waals surface area (Å²) in [4.78, 5) is 2.18. The number of hydrogen-bond donors (Lipinski definition) is 2. The Bertz CT molecular complexity index is 7870. The Hall–Kier alpha value is -16.5. The van der Waals surface area contributed by atoms with Crippen molar-refractivity contribution in [3.05, 3.63) is 517 Å². The van der Waals surface area contributed by atoms with Crippen LogP contribution in [0, 0.1) is 5.41 Å². The molecule has 0 unspecified atom stereocenters. The minimum Gasteiger partial charge on any atom is -0.456 e. The number of hydrogen-bond acceptors (Lipinski definition) is 6. The largest absolute Gasteiger partial charge is 0.456 e. The van der Waals surface area contributed by atoms with Crippen molar-refractivity contribution in [3.63, 3.8) is 0 Å². The van der Waals surface area contributed by atoms with Gasteiger partial charge >= 0.3 is 0 Å². The molecule has 3 aliphatic carbocycles. The number of fused-ring (bicyclic) bond motifs is 15. The van der Waals surface area contributed by atoms with E-state index in [1.807, 2.05) is 24.3 Å². The Morgan fingerprint density at radius 1 is 0.256 bits per heavy atom. The van der Waals surface area contributed by atoms with E-state index >= 15 is 0 Å². The quantitative estimate of drug-likeness (QED) is 0.0794. The number of thiol groups is 1. The van der Waals surface area contributed by atoms with Gasteiger partial charge in [0.15, 0.2) is 0 Å². The molecule has 0 fully saturated rings. The molecule has 0 saturated heterocycles. The molecular formula is C122H78N4O2S. The average molecular weight is 1660 g/mol. The van der Waals surface area contributed by atoms with Gasteiger partial charge in [0, 0.05) is 55.0 Å². The summed E-state index contributed by atoms with van der Waals surface area (Å²) < 4.78 is 19.6. The topological polar surface area (TPSA) is 70.7 Å². The smallest absolute Gasteiger partial charge is 0.135 e. The first-order valence-electron chi connectivity index (χ1n) is 44.0. The zero-order valence-electron chi connectivity index (χ0n) is 70.0. The van der Waals surface area contributed by atoms with E-state index in [4.69, 9.17) is 26.0 Å². The normalized spacial score (nSPS) is 13.9. The molecule has 7 heteroatoms. The molecule has 25 rings (SSSR count). The van der Waals surface area contributed by atoms with E-state index in [0.29, 0.717) is 11.4 Å². The number of para-hydroxylation sites is 2. The van der Waals surface area contributed by atoms with Crippen LogP contribution in [0.25, 0.3) is 166 Å². The summed E-state index contributed by atoms with van der Waals surface area (Å²) in [5.74, 6) is 0. The summed E-state index contributed by atoms with van der Waals surface area (Å²) in [7, 11) is 0. The molecule has 1 N–H and O–H groups in total. The highest BCUT2D eigenvalue weighted by Gasteiger charge is 2.48. The molecule has 0 atom stereocenters. The first-order valence-corrected chi connectivity index (χ1v) is 44.4. The molecule has 3 aliphatic rings. The standard InChI is InChI=1S/C122H78N4O2S/c123-119-97(65-68-114(120(119)124-129)125(94-57-45-81(46-58-94)86-55-69-117-106(73-86)102-31-15-19-35-115(102)127-117)95-59-47-82(48-60-95)87-56-70-118-107(74-87)103-32-16-20-36-116(103)128-118)83-49-61-96(62-50-83)126-112-66-53-84(77-37-41-79(42-38-77)88-51-63-100-98-29-13-17-33-108(98)121(110(100)75-88,90-21-5-1-6-22-90)91-23-7-2-8-24-91)71-104(112)105-72-85(54-67-113(105)126)78-39-43-80(44-40-78)89-52-64-101-99-30-14-18-34-109(99)122(111(101)76-89,92-25-9-3-10-26-92)93-27-11-4-12-28-93/h1-76,123,129H. The third-order valence-electron chi connectivity index (χ3n) is 27.4. The molecule has 0 radical (unpaired) electrons. The van der Waals surface area contributed by atoms with Crippen molar-refractivity contribution in [2.24, 2.45) is 4.40 Å². The van der Waals surface area contributed by atoms with Crippen LogP contribution in [0.15, 0.2) is 480 Å². The second-order valence-electron chi connectivity index (χ2n) is 34.1. The van der Waals surface area contributed by atoms with Crippen molar-refractivity contribution in [2.45, 2.75) is 10.8 Å². The second-order valence-corrected chi connectivity index (χ2v) is 34.3. The summed E-state index contributed by atoms with van der Waals surface area (Å²) in [6.07, 6.45) is 4.14. The van der Waals surface area contributed by atoms with Crippen molar-refractivity contribution >= 4 is 107 Å². The van der Waals surface area contributed by atoms with Gasteiger partial charge < -0.3 is 18.3 Å². The molecule has 129 heavy (non-hydrogen) atoms. The number of benzene rings is 19. The fraction of sp³-hybridized carbons (Fsp3) is 0.0164. The van der Waals surface area contributed by atoms with Crippen LogP contribution in [0.3, 0.4) is 0 Å². The lowest BCUT2D eigenvalue weighted by molar-refractivity contribution is 0.668. The van der Waals surface area contributed by atoms with Gasteiger partial charge in [-0.05, 0) is 273 Å². The van der Waals surface area contributed by atoms with Gasteiger partial charge in [-0.15, -0.1) is 0 Å². The maximum Gasteiger partial charge on any atom is 0.135 e. The number of nitrogens with one attached hydrogen (secondary N) is 1. The molecule has 0 amide bonds. The molecule has 22 aromatic rings. The molecular weight excluding hydrogens is 1590 g/mol. The van der Waals surface area contributed by atoms with Crippen LogP contribution in [-0.2, 0) is 10.8 Å². The highest BCUT2D eigenvalue weighted by Crippen LogP contribution is 2.59. The summed E-state index contributed by atoms with van der Waals surface area (Å²) in [5.41, 5.74) is 39.0. The maximum atomic E-state index is 10.2. The lowest BCUT2D eigenvalue weighted by atomic mass is 9.67. The molecule has 0 aliphatic heterocycles. The predicted molar refractivity (Wildman–Crippen MR) is 538 cm³/mol. The number of nitrogens with zero attached hydrogens (tertiary/aromatic N) is 3. The van der Waals surface area contributed by atoms with Crippen LogP contribution in [0.2, 0.25) is 0 Å². The van der Waals surface area contributed by atoms with Crippen LogP contribution in [0.5, 0.6) is 0 Å². The van der Waals surface area contributed by atoms with Gasteiger partial charge in [0.2, 0.25) is 0 Å². The first-order chi connectivity index (χ1) is 63.8.